The van der Waals surface area contributed by atoms with Crippen LogP contribution in [0.3, 0.4) is 0 Å². The fraction of sp³-hybridized carbons (Fsp3) is 0.145. The molecule has 9 aromatic rings. The first-order valence-electron chi connectivity index (χ1n) is 24.5. The molecular formula is C62H45F15Ir4N6O4-4. The smallest absolute Gasteiger partial charge is 0.399 e. The van der Waals surface area contributed by atoms with Gasteiger partial charge in [0.1, 0.15) is 5.69 Å². The zero-order chi connectivity index (χ0) is 64.9. The summed E-state index contributed by atoms with van der Waals surface area (Å²) in [6, 6.07) is 37.6. The number of aryl methyl sites for hydroxylation is 1. The number of aliphatic hydroxyl groups is 1. The molecule has 0 amide bonds. The summed E-state index contributed by atoms with van der Waals surface area (Å²) in [5.74, 6) is -2.62. The van der Waals surface area contributed by atoms with Crippen LogP contribution in [0.4, 0.5) is 71.5 Å². The van der Waals surface area contributed by atoms with Crippen LogP contribution in [0.15, 0.2) is 176 Å². The summed E-state index contributed by atoms with van der Waals surface area (Å²) >= 11 is 0. The summed E-state index contributed by atoms with van der Waals surface area (Å²) < 4.78 is 190. The molecule has 29 heteroatoms. The van der Waals surface area contributed by atoms with Crippen LogP contribution in [0, 0.1) is 48.6 Å². The summed E-state index contributed by atoms with van der Waals surface area (Å²) in [6.45, 7) is 4.73. The standard InChI is InChI=1S/2C13H6F6N.C13H12FN2.C12H8F2N.C6H5NO2.C5H8O2.4Ir/c2*14-12(15,16)9-5-8(11-3-1-2-4-20-11)6-10(7-9)13(17,18)19;1-16(2)12-7-8-15-13(9-12)10-3-5-11(14)6-4-10;1-8-4-5-15-12(6-8)10-3-2-9(13)7-11(10)14;8-6(9)5-3-1-2-4-7-5;1-4(6)3-5(2)7;;;;/h2*1-5,7H;3,5-9H,1-2H3;2,4-7H,1H3;1-4H,(H,8,9);3,6H,1-2H3;;;;/q4*-1;;;;;;. The molecule has 9 rings (SSSR count). The molecule has 0 aliphatic carbocycles. The normalized spacial score (nSPS) is 10.7. The van der Waals surface area contributed by atoms with Gasteiger partial charge in [0.25, 0.3) is 0 Å². The van der Waals surface area contributed by atoms with Gasteiger partial charge in [0.05, 0.1) is 5.76 Å². The summed E-state index contributed by atoms with van der Waals surface area (Å²) in [6.07, 6.45) is -11.1. The number of alkyl halides is 12. The second-order valence-corrected chi connectivity index (χ2v) is 17.7. The molecule has 492 valence electrons. The number of hydrogen-bond acceptors (Lipinski definition) is 9. The van der Waals surface area contributed by atoms with Gasteiger partial charge in [-0.1, -0.05) is 59.7 Å². The predicted octanol–water partition coefficient (Wildman–Crippen LogP) is 16.9. The summed E-state index contributed by atoms with van der Waals surface area (Å²) in [7, 11) is 3.93. The molecule has 0 saturated heterocycles. The van der Waals surface area contributed by atoms with E-state index >= 15 is 0 Å². The fourth-order valence-corrected chi connectivity index (χ4v) is 6.60. The third-order valence-corrected chi connectivity index (χ3v) is 10.5. The number of aromatic carboxylic acids is 1. The van der Waals surface area contributed by atoms with Gasteiger partial charge in [-0.3, -0.25) is 18.0 Å². The van der Waals surface area contributed by atoms with Crippen LogP contribution in [-0.2, 0) is 110 Å². The van der Waals surface area contributed by atoms with E-state index in [0.29, 0.717) is 17.8 Å². The van der Waals surface area contributed by atoms with E-state index in [0.717, 1.165) is 34.6 Å². The van der Waals surface area contributed by atoms with Gasteiger partial charge in [0.15, 0.2) is 5.78 Å². The molecule has 4 aromatic carbocycles. The van der Waals surface area contributed by atoms with Gasteiger partial charge in [-0.2, -0.15) is 52.7 Å². The van der Waals surface area contributed by atoms with Gasteiger partial charge in [-0.05, 0) is 102 Å². The van der Waals surface area contributed by atoms with Gasteiger partial charge < -0.3 is 35.0 Å². The Kier molecular flexibility index (Phi) is 35.4. The molecule has 0 aliphatic rings. The van der Waals surface area contributed by atoms with Crippen LogP contribution in [0.2, 0.25) is 0 Å². The number of carbonyl (C=O) groups is 2. The number of halogens is 15. The number of aliphatic hydroxyl groups excluding tert-OH is 1. The van der Waals surface area contributed by atoms with Gasteiger partial charge in [-0.15, -0.1) is 89.5 Å². The molecule has 4 radical (unpaired) electrons. The number of carbonyl (C=O) groups excluding carboxylic acids is 1. The van der Waals surface area contributed by atoms with E-state index in [2.05, 4.69) is 37.1 Å². The maximum absolute atomic E-state index is 13.4. The molecule has 10 nitrogen and oxygen atoms in total. The molecule has 91 heavy (non-hydrogen) atoms. The van der Waals surface area contributed by atoms with Gasteiger partial charge in [0, 0.05) is 155 Å². The fourth-order valence-electron chi connectivity index (χ4n) is 6.60. The van der Waals surface area contributed by atoms with Gasteiger partial charge in [-0.25, -0.2) is 9.78 Å². The number of aromatic nitrogens is 5. The first-order chi connectivity index (χ1) is 40.6. The van der Waals surface area contributed by atoms with Crippen LogP contribution in [0.25, 0.3) is 45.0 Å². The van der Waals surface area contributed by atoms with Crippen molar-refractivity contribution in [3.63, 3.8) is 0 Å². The molecule has 0 atom stereocenters. The van der Waals surface area contributed by atoms with E-state index in [1.54, 1.807) is 36.7 Å². The van der Waals surface area contributed by atoms with E-state index in [-0.39, 0.29) is 144 Å². The number of anilines is 1. The minimum Gasteiger partial charge on any atom is -0.512 e. The van der Waals surface area contributed by atoms with Crippen molar-refractivity contribution in [2.24, 2.45) is 0 Å². The van der Waals surface area contributed by atoms with Crippen molar-refractivity contribution >= 4 is 17.4 Å². The molecule has 5 heterocycles. The monoisotopic (exact) mass is 1990 g/mol. The third-order valence-electron chi connectivity index (χ3n) is 10.5. The molecule has 2 N–H and O–H groups in total. The quantitative estimate of drug-likeness (QED) is 0.0685. The third kappa shape index (κ3) is 29.2. The van der Waals surface area contributed by atoms with E-state index in [9.17, 15) is 75.4 Å². The Bertz CT molecular complexity index is 3540. The van der Waals surface area contributed by atoms with Crippen molar-refractivity contribution in [1.29, 1.82) is 0 Å². The van der Waals surface area contributed by atoms with E-state index in [1.165, 1.54) is 93.1 Å². The minimum absolute atomic E-state index is 0. The van der Waals surface area contributed by atoms with Gasteiger partial charge >= 0.3 is 30.7 Å². The second-order valence-electron chi connectivity index (χ2n) is 17.7. The number of nitrogens with zero attached hydrogens (tertiary/aromatic N) is 6. The number of ketones is 1. The number of carboxylic acid groups (broad SMARTS) is 1. The van der Waals surface area contributed by atoms with Crippen molar-refractivity contribution in [3.8, 4) is 45.0 Å². The van der Waals surface area contributed by atoms with Crippen LogP contribution in [0.5, 0.6) is 0 Å². The summed E-state index contributed by atoms with van der Waals surface area (Å²) in [5.41, 5.74) is -2.09. The first-order valence-corrected chi connectivity index (χ1v) is 24.5. The zero-order valence-electron chi connectivity index (χ0n) is 47.1. The number of carboxylic acids is 1. The van der Waals surface area contributed by atoms with E-state index in [1.807, 2.05) is 56.3 Å². The van der Waals surface area contributed by atoms with Crippen LogP contribution in [0.1, 0.15) is 52.2 Å². The molecule has 0 fully saturated rings. The number of hydrogen-bond donors (Lipinski definition) is 2. The predicted molar refractivity (Wildman–Crippen MR) is 291 cm³/mol. The molecular weight excluding hydrogens is 1950 g/mol. The van der Waals surface area contributed by atoms with Crippen molar-refractivity contribution in [3.05, 3.63) is 252 Å². The molecule has 5 aromatic heterocycles. The Morgan fingerprint density at radius 2 is 0.945 bits per heavy atom. The average Bonchev–Trinajstić information content (AvgIpc) is 0.991. The van der Waals surface area contributed by atoms with Crippen molar-refractivity contribution < 1.29 is 166 Å². The number of allylic oxidation sites excluding steroid dienone is 2. The minimum atomic E-state index is -4.91. The zero-order valence-corrected chi connectivity index (χ0v) is 56.6. The van der Waals surface area contributed by atoms with Crippen LogP contribution < -0.4 is 4.90 Å². The Labute approximate surface area is 565 Å². The maximum Gasteiger partial charge on any atom is 0.399 e. The maximum atomic E-state index is 13.4. The SMILES string of the molecule is CC(=O)C=C(C)O.CN(C)c1ccnc(-c2[c-]cc(F)cc2)c1.Cc1ccnc(-c2[c-]cc(F)cc2F)c1.FC(F)(F)c1[c-]c(-c2ccccn2)cc(C(F)(F)F)c1.FC(F)(F)c1[c-]c(-c2ccccn2)cc(C(F)(F)F)c1.O=C(O)c1ccccn1.[Ir].[Ir].[Ir].[Ir]. The number of rotatable bonds is 7. The molecule has 0 bridgehead atoms. The largest absolute Gasteiger partial charge is 0.512 e. The number of benzene rings is 4. The molecule has 0 unspecified atom stereocenters. The van der Waals surface area contributed by atoms with E-state index in [4.69, 9.17) is 10.2 Å². The molecule has 0 saturated carbocycles. The van der Waals surface area contributed by atoms with Crippen molar-refractivity contribution in [2.75, 3.05) is 19.0 Å². The van der Waals surface area contributed by atoms with Gasteiger partial charge in [0.2, 0.25) is 0 Å². The van der Waals surface area contributed by atoms with E-state index < -0.39 is 64.6 Å². The van der Waals surface area contributed by atoms with Crippen LogP contribution in [-0.4, -0.2) is 61.0 Å². The van der Waals surface area contributed by atoms with Crippen molar-refractivity contribution in [2.45, 2.75) is 45.5 Å². The number of pyridine rings is 5. The Balaban J connectivity index is 0.00000109. The second kappa shape index (κ2) is 38.5. The molecule has 0 aliphatic heterocycles. The Morgan fingerprint density at radius 1 is 0.484 bits per heavy atom. The molecule has 0 spiro atoms. The summed E-state index contributed by atoms with van der Waals surface area (Å²) in [4.78, 5) is 41.4. The first kappa shape index (κ1) is 83.7. The Morgan fingerprint density at radius 3 is 1.30 bits per heavy atom. The van der Waals surface area contributed by atoms with Crippen molar-refractivity contribution in [1.82, 2.24) is 24.9 Å². The van der Waals surface area contributed by atoms with Crippen LogP contribution >= 0.6 is 0 Å². The summed E-state index contributed by atoms with van der Waals surface area (Å²) in [5, 5.41) is 16.7. The average molecular weight is 1990 g/mol. The Hall–Kier alpha value is -7.34. The topological polar surface area (TPSA) is 142 Å².